The molecule has 104 valence electrons. The molecule has 1 heterocycles. The number of carbonyl (C=O) groups is 2. The summed E-state index contributed by atoms with van der Waals surface area (Å²) in [4.78, 5) is 23.3. The number of nitrogens with zero attached hydrogens (tertiary/aromatic N) is 1. The molecule has 0 aliphatic heterocycles. The van der Waals surface area contributed by atoms with Crippen molar-refractivity contribution >= 4 is 28.4 Å². The number of aromatic nitrogens is 1. The van der Waals surface area contributed by atoms with Crippen molar-refractivity contribution in [2.45, 2.75) is 44.6 Å². The van der Waals surface area contributed by atoms with Crippen molar-refractivity contribution in [2.75, 3.05) is 5.32 Å². The third-order valence-corrected chi connectivity index (χ3v) is 4.36. The highest BCUT2D eigenvalue weighted by Crippen LogP contribution is 2.30. The first-order chi connectivity index (χ1) is 8.94. The second kappa shape index (κ2) is 5.26. The van der Waals surface area contributed by atoms with Gasteiger partial charge in [-0.25, -0.2) is 4.79 Å². The molecule has 6 nitrogen and oxygen atoms in total. The third kappa shape index (κ3) is 2.76. The summed E-state index contributed by atoms with van der Waals surface area (Å²) in [6.45, 7) is 1.61. The highest BCUT2D eigenvalue weighted by molar-refractivity contribution is 7.11. The van der Waals surface area contributed by atoms with Crippen molar-refractivity contribution in [1.82, 2.24) is 4.37 Å². The van der Waals surface area contributed by atoms with Gasteiger partial charge in [-0.3, -0.25) is 4.79 Å². The molecule has 1 aliphatic rings. The number of aromatic carboxylic acids is 1. The molecule has 1 aromatic rings. The van der Waals surface area contributed by atoms with E-state index in [-0.39, 0.29) is 16.5 Å². The standard InChI is InChI=1S/C12H17N3O3S/c1-7-8(10(16)17)9(19-15-7)14-11(18)12(13)5-3-2-4-6-12/h2-6,13H2,1H3,(H,14,18)(H,16,17). The smallest absolute Gasteiger partial charge is 0.340 e. The summed E-state index contributed by atoms with van der Waals surface area (Å²) in [5, 5.41) is 12.0. The zero-order valence-electron chi connectivity index (χ0n) is 10.7. The molecular weight excluding hydrogens is 266 g/mol. The van der Waals surface area contributed by atoms with E-state index in [1.165, 1.54) is 0 Å². The fraction of sp³-hybridized carbons (Fsp3) is 0.583. The van der Waals surface area contributed by atoms with Gasteiger partial charge < -0.3 is 16.2 Å². The quantitative estimate of drug-likeness (QED) is 0.783. The van der Waals surface area contributed by atoms with Gasteiger partial charge in [0.05, 0.1) is 11.2 Å². The summed E-state index contributed by atoms with van der Waals surface area (Å²) < 4.78 is 3.96. The number of carboxylic acid groups (broad SMARTS) is 1. The molecule has 19 heavy (non-hydrogen) atoms. The summed E-state index contributed by atoms with van der Waals surface area (Å²) in [5.41, 5.74) is 5.68. The Bertz CT molecular complexity index is 506. The molecule has 1 aliphatic carbocycles. The van der Waals surface area contributed by atoms with E-state index >= 15 is 0 Å². The number of hydrogen-bond acceptors (Lipinski definition) is 5. The summed E-state index contributed by atoms with van der Waals surface area (Å²) >= 11 is 0.977. The van der Waals surface area contributed by atoms with Crippen LogP contribution in [0.4, 0.5) is 5.00 Å². The van der Waals surface area contributed by atoms with Gasteiger partial charge in [-0.05, 0) is 31.3 Å². The van der Waals surface area contributed by atoms with E-state index in [1.54, 1.807) is 6.92 Å². The van der Waals surface area contributed by atoms with Crippen LogP contribution in [0.1, 0.15) is 48.2 Å². The Labute approximate surface area is 115 Å². The second-order valence-corrected chi connectivity index (χ2v) is 5.72. The van der Waals surface area contributed by atoms with Gasteiger partial charge in [0.25, 0.3) is 0 Å². The van der Waals surface area contributed by atoms with E-state index in [0.717, 1.165) is 30.8 Å². The highest BCUT2D eigenvalue weighted by atomic mass is 32.1. The highest BCUT2D eigenvalue weighted by Gasteiger charge is 2.36. The molecule has 0 spiro atoms. The van der Waals surface area contributed by atoms with Crippen LogP contribution in [-0.4, -0.2) is 26.9 Å². The van der Waals surface area contributed by atoms with Crippen LogP contribution in [-0.2, 0) is 4.79 Å². The molecule has 0 bridgehead atoms. The van der Waals surface area contributed by atoms with Crippen molar-refractivity contribution in [1.29, 1.82) is 0 Å². The van der Waals surface area contributed by atoms with Crippen LogP contribution in [0.5, 0.6) is 0 Å². The fourth-order valence-corrected chi connectivity index (χ4v) is 3.13. The van der Waals surface area contributed by atoms with Crippen LogP contribution >= 0.6 is 11.5 Å². The lowest BCUT2D eigenvalue weighted by atomic mass is 9.82. The lowest BCUT2D eigenvalue weighted by Crippen LogP contribution is -2.52. The second-order valence-electron chi connectivity index (χ2n) is 4.95. The minimum absolute atomic E-state index is 0.0535. The molecule has 1 saturated carbocycles. The Morgan fingerprint density at radius 2 is 2.00 bits per heavy atom. The Balaban J connectivity index is 2.17. The van der Waals surface area contributed by atoms with Crippen LogP contribution in [0.3, 0.4) is 0 Å². The van der Waals surface area contributed by atoms with E-state index in [4.69, 9.17) is 10.8 Å². The average Bonchev–Trinajstić information content (AvgIpc) is 2.71. The van der Waals surface area contributed by atoms with Crippen molar-refractivity contribution < 1.29 is 14.7 Å². The SMILES string of the molecule is Cc1nsc(NC(=O)C2(N)CCCCC2)c1C(=O)O. The van der Waals surface area contributed by atoms with Crippen molar-refractivity contribution in [3.63, 3.8) is 0 Å². The van der Waals surface area contributed by atoms with E-state index in [0.29, 0.717) is 18.5 Å². The summed E-state index contributed by atoms with van der Waals surface area (Å²) in [5.74, 6) is -1.39. The van der Waals surface area contributed by atoms with Crippen molar-refractivity contribution in [2.24, 2.45) is 5.73 Å². The maximum Gasteiger partial charge on any atom is 0.340 e. The molecule has 1 amide bonds. The molecule has 7 heteroatoms. The first kappa shape index (κ1) is 14.0. The first-order valence-electron chi connectivity index (χ1n) is 6.24. The Hall–Kier alpha value is -1.47. The van der Waals surface area contributed by atoms with Crippen LogP contribution in [0, 0.1) is 6.92 Å². The molecule has 0 aromatic carbocycles. The number of nitrogens with one attached hydrogen (secondary N) is 1. The van der Waals surface area contributed by atoms with E-state index < -0.39 is 11.5 Å². The van der Waals surface area contributed by atoms with Crippen LogP contribution < -0.4 is 11.1 Å². The van der Waals surface area contributed by atoms with Gasteiger partial charge in [-0.15, -0.1) is 0 Å². The predicted molar refractivity (Wildman–Crippen MR) is 72.4 cm³/mol. The first-order valence-corrected chi connectivity index (χ1v) is 7.01. The van der Waals surface area contributed by atoms with Crippen molar-refractivity contribution in [3.8, 4) is 0 Å². The Morgan fingerprint density at radius 3 is 2.58 bits per heavy atom. The molecule has 1 fully saturated rings. The van der Waals surface area contributed by atoms with Gasteiger partial charge in [-0.1, -0.05) is 19.3 Å². The van der Waals surface area contributed by atoms with E-state index in [2.05, 4.69) is 9.69 Å². The molecular formula is C12H17N3O3S. The maximum atomic E-state index is 12.2. The zero-order chi connectivity index (χ0) is 14.0. The Morgan fingerprint density at radius 1 is 1.37 bits per heavy atom. The normalized spacial score (nSPS) is 18.0. The molecule has 1 aromatic heterocycles. The van der Waals surface area contributed by atoms with Gasteiger partial charge in [0.2, 0.25) is 5.91 Å². The van der Waals surface area contributed by atoms with Crippen LogP contribution in [0.2, 0.25) is 0 Å². The monoisotopic (exact) mass is 283 g/mol. The Kier molecular flexibility index (Phi) is 3.86. The molecule has 0 atom stereocenters. The number of aryl methyl sites for hydroxylation is 1. The lowest BCUT2D eigenvalue weighted by molar-refractivity contribution is -0.122. The number of amides is 1. The number of rotatable bonds is 3. The average molecular weight is 283 g/mol. The lowest BCUT2D eigenvalue weighted by Gasteiger charge is -2.31. The van der Waals surface area contributed by atoms with Gasteiger partial charge in [0.15, 0.2) is 0 Å². The molecule has 0 unspecified atom stereocenters. The van der Waals surface area contributed by atoms with E-state index in [1.807, 2.05) is 0 Å². The molecule has 0 saturated heterocycles. The van der Waals surface area contributed by atoms with Crippen LogP contribution in [0.15, 0.2) is 0 Å². The number of anilines is 1. The summed E-state index contributed by atoms with van der Waals surface area (Å²) in [6, 6.07) is 0. The minimum atomic E-state index is -1.09. The summed E-state index contributed by atoms with van der Waals surface area (Å²) in [7, 11) is 0. The van der Waals surface area contributed by atoms with Gasteiger partial charge in [0.1, 0.15) is 10.6 Å². The summed E-state index contributed by atoms with van der Waals surface area (Å²) in [6.07, 6.45) is 4.22. The molecule has 2 rings (SSSR count). The third-order valence-electron chi connectivity index (χ3n) is 3.50. The number of carboxylic acids is 1. The van der Waals surface area contributed by atoms with Crippen molar-refractivity contribution in [3.05, 3.63) is 11.3 Å². The van der Waals surface area contributed by atoms with E-state index in [9.17, 15) is 9.59 Å². The number of carbonyl (C=O) groups excluding carboxylic acids is 1. The minimum Gasteiger partial charge on any atom is -0.478 e. The largest absolute Gasteiger partial charge is 0.478 e. The zero-order valence-corrected chi connectivity index (χ0v) is 11.5. The van der Waals surface area contributed by atoms with Gasteiger partial charge >= 0.3 is 5.97 Å². The van der Waals surface area contributed by atoms with Gasteiger partial charge in [-0.2, -0.15) is 4.37 Å². The predicted octanol–water partition coefficient (Wildman–Crippen LogP) is 1.75. The van der Waals surface area contributed by atoms with Gasteiger partial charge in [0, 0.05) is 0 Å². The van der Waals surface area contributed by atoms with Crippen LogP contribution in [0.25, 0.3) is 0 Å². The molecule has 4 N–H and O–H groups in total. The fourth-order valence-electron chi connectivity index (χ4n) is 2.34. The number of nitrogens with two attached hydrogens (primary N) is 1. The number of hydrogen-bond donors (Lipinski definition) is 3. The topological polar surface area (TPSA) is 105 Å². The molecule has 0 radical (unpaired) electrons. The maximum absolute atomic E-state index is 12.2.